The van der Waals surface area contributed by atoms with Crippen molar-refractivity contribution in [2.45, 2.75) is 31.8 Å². The van der Waals surface area contributed by atoms with Crippen molar-refractivity contribution in [1.29, 1.82) is 0 Å². The molecule has 3 N–H and O–H groups in total. The number of carbonyl (C=O) groups is 3. The Morgan fingerprint density at radius 1 is 0.900 bits per heavy atom. The van der Waals surface area contributed by atoms with Crippen LogP contribution in [0.5, 0.6) is 23.0 Å². The lowest BCUT2D eigenvalue weighted by atomic mass is 9.73. The number of phenolic OH excluding ortho intramolecular Hbond substituents is 2. The van der Waals surface area contributed by atoms with Crippen LogP contribution in [0.3, 0.4) is 0 Å². The molecule has 0 heterocycles. The third-order valence-corrected chi connectivity index (χ3v) is 6.05. The monoisotopic (exact) mass is 412 g/mol. The lowest BCUT2D eigenvalue weighted by Crippen LogP contribution is -2.42. The second-order valence-corrected chi connectivity index (χ2v) is 7.55. The first kappa shape index (κ1) is 19.9. The number of rotatable bonds is 3. The summed E-state index contributed by atoms with van der Waals surface area (Å²) in [6.07, 6.45) is -0.188. The van der Waals surface area contributed by atoms with E-state index in [1.807, 2.05) is 0 Å². The summed E-state index contributed by atoms with van der Waals surface area (Å²) in [5.41, 5.74) is -2.22. The van der Waals surface area contributed by atoms with Gasteiger partial charge in [0.25, 0.3) is 0 Å². The predicted octanol–water partition coefficient (Wildman–Crippen LogP) is 1.70. The number of aliphatic hydroxyl groups is 1. The number of ether oxygens (including phenoxy) is 2. The third kappa shape index (κ3) is 2.46. The van der Waals surface area contributed by atoms with Crippen molar-refractivity contribution in [2.75, 3.05) is 14.2 Å². The average Bonchev–Trinajstić information content (AvgIpc) is 2.73. The number of hydrogen-bond acceptors (Lipinski definition) is 8. The number of phenols is 2. The van der Waals surface area contributed by atoms with Crippen molar-refractivity contribution in [1.82, 2.24) is 0 Å². The maximum absolute atomic E-state index is 13.4. The van der Waals surface area contributed by atoms with Crippen molar-refractivity contribution >= 4 is 17.3 Å². The summed E-state index contributed by atoms with van der Waals surface area (Å²) in [4.78, 5) is 38.6. The number of benzene rings is 2. The van der Waals surface area contributed by atoms with Gasteiger partial charge in [-0.3, -0.25) is 14.4 Å². The molecule has 0 radical (unpaired) electrons. The second-order valence-electron chi connectivity index (χ2n) is 7.55. The minimum Gasteiger partial charge on any atom is -0.507 e. The number of hydrogen-bond donors (Lipinski definition) is 3. The zero-order chi connectivity index (χ0) is 22.0. The highest BCUT2D eigenvalue weighted by atomic mass is 16.5. The van der Waals surface area contributed by atoms with Gasteiger partial charge in [0, 0.05) is 17.5 Å². The van der Waals surface area contributed by atoms with Crippen molar-refractivity contribution in [3.05, 3.63) is 45.5 Å². The molecule has 2 aromatic rings. The van der Waals surface area contributed by atoms with E-state index in [-0.39, 0.29) is 64.1 Å². The molecule has 0 spiro atoms. The molecule has 8 nitrogen and oxygen atoms in total. The van der Waals surface area contributed by atoms with Gasteiger partial charge in [-0.2, -0.15) is 0 Å². The molecule has 8 heteroatoms. The van der Waals surface area contributed by atoms with E-state index in [9.17, 15) is 29.7 Å². The first-order chi connectivity index (χ1) is 14.2. The van der Waals surface area contributed by atoms with E-state index in [1.165, 1.54) is 33.3 Å². The van der Waals surface area contributed by atoms with E-state index >= 15 is 0 Å². The fraction of sp³-hybridized carbons (Fsp3) is 0.318. The van der Waals surface area contributed by atoms with Crippen LogP contribution in [0.4, 0.5) is 0 Å². The van der Waals surface area contributed by atoms with Crippen LogP contribution in [0.25, 0.3) is 0 Å². The summed E-state index contributed by atoms with van der Waals surface area (Å²) in [5.74, 6) is -2.59. The van der Waals surface area contributed by atoms with Gasteiger partial charge in [-0.1, -0.05) is 0 Å². The Kier molecular flexibility index (Phi) is 4.36. The Balaban J connectivity index is 2.03. The standard InChI is InChI=1S/C22H20O8/c1-9(23)22(28)7-6-10-11(8-22)19(25)17-16(18(10)24)20(26)14-12(29-2)4-5-13(30-3)15(14)21(17)27/h4-5,24-25,28H,6-8H2,1-3H3. The molecule has 2 aliphatic rings. The van der Waals surface area contributed by atoms with Gasteiger partial charge in [-0.15, -0.1) is 0 Å². The molecule has 0 saturated heterocycles. The summed E-state index contributed by atoms with van der Waals surface area (Å²) in [7, 11) is 2.69. The Hall–Kier alpha value is -3.39. The van der Waals surface area contributed by atoms with Gasteiger partial charge in [-0.05, 0) is 31.9 Å². The SMILES string of the molecule is COc1ccc(OC)c2c1C(=O)c1c(O)c3c(c(O)c1C2=O)CC(O)(C(C)=O)CC3. The summed E-state index contributed by atoms with van der Waals surface area (Å²) < 4.78 is 10.5. The number of fused-ring (bicyclic) bond motifs is 3. The summed E-state index contributed by atoms with van der Waals surface area (Å²) in [6, 6.07) is 2.95. The van der Waals surface area contributed by atoms with Gasteiger partial charge in [0.2, 0.25) is 11.6 Å². The number of carbonyl (C=O) groups excluding carboxylic acids is 3. The van der Waals surface area contributed by atoms with Gasteiger partial charge in [0.1, 0.15) is 28.6 Å². The molecule has 1 unspecified atom stereocenters. The molecule has 0 amide bonds. The van der Waals surface area contributed by atoms with Gasteiger partial charge in [0.05, 0.1) is 36.5 Å². The van der Waals surface area contributed by atoms with Crippen LogP contribution in [0, 0.1) is 0 Å². The lowest BCUT2D eigenvalue weighted by molar-refractivity contribution is -0.136. The number of Topliss-reactive ketones (excluding diaryl/α,β-unsaturated/α-hetero) is 1. The molecule has 0 aromatic heterocycles. The van der Waals surface area contributed by atoms with E-state index in [2.05, 4.69) is 0 Å². The maximum atomic E-state index is 13.4. The highest BCUT2D eigenvalue weighted by Gasteiger charge is 2.45. The van der Waals surface area contributed by atoms with Gasteiger partial charge in [-0.25, -0.2) is 0 Å². The first-order valence-electron chi connectivity index (χ1n) is 9.33. The van der Waals surface area contributed by atoms with Gasteiger partial charge in [0.15, 0.2) is 5.78 Å². The molecule has 156 valence electrons. The highest BCUT2D eigenvalue weighted by Crippen LogP contribution is 2.49. The van der Waals surface area contributed by atoms with Crippen LogP contribution in [0.15, 0.2) is 12.1 Å². The van der Waals surface area contributed by atoms with Crippen LogP contribution in [-0.2, 0) is 17.6 Å². The Morgan fingerprint density at radius 2 is 1.37 bits per heavy atom. The topological polar surface area (TPSA) is 130 Å². The molecule has 1 atom stereocenters. The maximum Gasteiger partial charge on any atom is 0.202 e. The van der Waals surface area contributed by atoms with E-state index in [4.69, 9.17) is 9.47 Å². The molecular formula is C22H20O8. The quantitative estimate of drug-likeness (QED) is 0.554. The van der Waals surface area contributed by atoms with Gasteiger partial charge < -0.3 is 24.8 Å². The molecule has 0 fully saturated rings. The number of methoxy groups -OCH3 is 2. The molecular weight excluding hydrogens is 392 g/mol. The molecule has 2 aromatic carbocycles. The van der Waals surface area contributed by atoms with E-state index < -0.39 is 34.4 Å². The highest BCUT2D eigenvalue weighted by molar-refractivity contribution is 6.32. The predicted molar refractivity (Wildman–Crippen MR) is 104 cm³/mol. The molecule has 4 rings (SSSR count). The molecule has 0 bridgehead atoms. The Labute approximate surface area is 171 Å². The number of ketones is 3. The van der Waals surface area contributed by atoms with Crippen LogP contribution in [0.2, 0.25) is 0 Å². The lowest BCUT2D eigenvalue weighted by Gasteiger charge is -2.34. The zero-order valence-corrected chi connectivity index (χ0v) is 16.7. The minimum absolute atomic E-state index is 0.0248. The normalized spacial score (nSPS) is 19.6. The fourth-order valence-corrected chi connectivity index (χ4v) is 4.34. The molecule has 0 aliphatic heterocycles. The van der Waals surface area contributed by atoms with Crippen molar-refractivity contribution < 1.29 is 39.2 Å². The van der Waals surface area contributed by atoms with Crippen LogP contribution < -0.4 is 9.47 Å². The van der Waals surface area contributed by atoms with Crippen molar-refractivity contribution in [3.8, 4) is 23.0 Å². The van der Waals surface area contributed by atoms with E-state index in [1.54, 1.807) is 0 Å². The Bertz CT molecular complexity index is 1150. The molecule has 0 saturated carbocycles. The Morgan fingerprint density at radius 3 is 1.80 bits per heavy atom. The second kappa shape index (κ2) is 6.56. The van der Waals surface area contributed by atoms with Crippen LogP contribution >= 0.6 is 0 Å². The summed E-state index contributed by atoms with van der Waals surface area (Å²) in [5, 5.41) is 32.4. The molecule has 30 heavy (non-hydrogen) atoms. The van der Waals surface area contributed by atoms with Crippen molar-refractivity contribution in [2.24, 2.45) is 0 Å². The molecule has 2 aliphatic carbocycles. The largest absolute Gasteiger partial charge is 0.507 e. The van der Waals surface area contributed by atoms with Crippen LogP contribution in [-0.4, -0.2) is 52.5 Å². The van der Waals surface area contributed by atoms with Gasteiger partial charge >= 0.3 is 0 Å². The first-order valence-corrected chi connectivity index (χ1v) is 9.33. The summed E-state index contributed by atoms with van der Waals surface area (Å²) >= 11 is 0. The van der Waals surface area contributed by atoms with E-state index in [0.29, 0.717) is 0 Å². The zero-order valence-electron chi connectivity index (χ0n) is 16.7. The van der Waals surface area contributed by atoms with Crippen LogP contribution in [0.1, 0.15) is 56.3 Å². The van der Waals surface area contributed by atoms with E-state index in [0.717, 1.165) is 0 Å². The van der Waals surface area contributed by atoms with Crippen molar-refractivity contribution in [3.63, 3.8) is 0 Å². The minimum atomic E-state index is -1.72. The fourth-order valence-electron chi connectivity index (χ4n) is 4.34. The number of aromatic hydroxyl groups is 2. The smallest absolute Gasteiger partial charge is 0.202 e. The average molecular weight is 412 g/mol. The summed E-state index contributed by atoms with van der Waals surface area (Å²) in [6.45, 7) is 1.24. The third-order valence-electron chi connectivity index (χ3n) is 6.05.